The van der Waals surface area contributed by atoms with Crippen molar-refractivity contribution in [3.63, 3.8) is 0 Å². The van der Waals surface area contributed by atoms with E-state index in [1.54, 1.807) is 24.3 Å². The largest absolute Gasteiger partial charge is 0.294 e. The zero-order valence-electron chi connectivity index (χ0n) is 10.7. The molecule has 0 saturated heterocycles. The van der Waals surface area contributed by atoms with Gasteiger partial charge in [0.15, 0.2) is 17.4 Å². The minimum absolute atomic E-state index is 0.0476. The molecule has 0 atom stereocenters. The quantitative estimate of drug-likeness (QED) is 0.588. The highest BCUT2D eigenvalue weighted by molar-refractivity contribution is 5.95. The fourth-order valence-electron chi connectivity index (χ4n) is 1.96. The Kier molecular flexibility index (Phi) is 4.56. The summed E-state index contributed by atoms with van der Waals surface area (Å²) in [7, 11) is 0. The predicted octanol–water partition coefficient (Wildman–Crippen LogP) is 4.31. The van der Waals surface area contributed by atoms with Gasteiger partial charge >= 0.3 is 0 Å². The van der Waals surface area contributed by atoms with Gasteiger partial charge in [0, 0.05) is 18.1 Å². The van der Waals surface area contributed by atoms with Crippen LogP contribution in [0.5, 0.6) is 0 Å². The summed E-state index contributed by atoms with van der Waals surface area (Å²) in [6.07, 6.45) is 0.819. The second-order valence-electron chi connectivity index (χ2n) is 4.50. The molecule has 0 heterocycles. The molecule has 0 fully saturated rings. The Morgan fingerprint density at radius 1 is 0.900 bits per heavy atom. The van der Waals surface area contributed by atoms with E-state index >= 15 is 0 Å². The molecular weight excluding hydrogens is 265 g/mol. The van der Waals surface area contributed by atoms with Crippen LogP contribution < -0.4 is 0 Å². The highest BCUT2D eigenvalue weighted by Gasteiger charge is 2.11. The fourth-order valence-corrected chi connectivity index (χ4v) is 1.96. The summed E-state index contributed by atoms with van der Waals surface area (Å²) in [5.74, 6) is -3.10. The Balaban J connectivity index is 1.94. The SMILES string of the molecule is O=C(CCCc1cc(F)c(F)cc1F)c1ccccc1. The van der Waals surface area contributed by atoms with Gasteiger partial charge in [-0.25, -0.2) is 13.2 Å². The molecule has 1 nitrogen and oxygen atoms in total. The molecular formula is C16H13F3O. The van der Waals surface area contributed by atoms with Crippen molar-refractivity contribution in [2.24, 2.45) is 0 Å². The molecule has 2 aromatic rings. The van der Waals surface area contributed by atoms with Crippen LogP contribution in [-0.2, 0) is 6.42 Å². The molecule has 0 aliphatic rings. The summed E-state index contributed by atoms with van der Waals surface area (Å²) in [6, 6.07) is 10.1. The third kappa shape index (κ3) is 3.47. The predicted molar refractivity (Wildman–Crippen MR) is 70.0 cm³/mol. The van der Waals surface area contributed by atoms with Crippen molar-refractivity contribution in [2.75, 3.05) is 0 Å². The van der Waals surface area contributed by atoms with Crippen molar-refractivity contribution in [1.29, 1.82) is 0 Å². The summed E-state index contributed by atoms with van der Waals surface area (Å²) >= 11 is 0. The van der Waals surface area contributed by atoms with Gasteiger partial charge in [-0.15, -0.1) is 0 Å². The molecule has 0 bridgehead atoms. The molecule has 0 unspecified atom stereocenters. The molecule has 20 heavy (non-hydrogen) atoms. The number of ketones is 1. The Hall–Kier alpha value is -2.10. The number of hydrogen-bond acceptors (Lipinski definition) is 1. The van der Waals surface area contributed by atoms with E-state index in [0.29, 0.717) is 18.1 Å². The van der Waals surface area contributed by atoms with Crippen LogP contribution in [0.15, 0.2) is 42.5 Å². The third-order valence-electron chi connectivity index (χ3n) is 3.04. The van der Waals surface area contributed by atoms with E-state index in [-0.39, 0.29) is 24.2 Å². The van der Waals surface area contributed by atoms with E-state index < -0.39 is 17.5 Å². The Labute approximate surface area is 115 Å². The summed E-state index contributed by atoms with van der Waals surface area (Å²) in [5.41, 5.74) is 0.683. The maximum absolute atomic E-state index is 13.4. The van der Waals surface area contributed by atoms with Crippen LogP contribution in [0.3, 0.4) is 0 Å². The summed E-state index contributed by atoms with van der Waals surface area (Å²) in [5, 5.41) is 0. The average molecular weight is 278 g/mol. The first-order valence-corrected chi connectivity index (χ1v) is 6.29. The molecule has 0 aliphatic heterocycles. The van der Waals surface area contributed by atoms with Gasteiger partial charge in [-0.2, -0.15) is 0 Å². The Morgan fingerprint density at radius 2 is 1.55 bits per heavy atom. The van der Waals surface area contributed by atoms with Crippen molar-refractivity contribution >= 4 is 5.78 Å². The minimum Gasteiger partial charge on any atom is -0.294 e. The van der Waals surface area contributed by atoms with Gasteiger partial charge in [-0.05, 0) is 24.5 Å². The van der Waals surface area contributed by atoms with Crippen LogP contribution in [0.2, 0.25) is 0 Å². The van der Waals surface area contributed by atoms with Crippen LogP contribution in [0.1, 0.15) is 28.8 Å². The van der Waals surface area contributed by atoms with Crippen LogP contribution >= 0.6 is 0 Å². The molecule has 0 radical (unpaired) electrons. The second kappa shape index (κ2) is 6.37. The summed E-state index contributed by atoms with van der Waals surface area (Å²) < 4.78 is 39.1. The highest BCUT2D eigenvalue weighted by Crippen LogP contribution is 2.16. The van der Waals surface area contributed by atoms with Crippen molar-refractivity contribution in [1.82, 2.24) is 0 Å². The molecule has 104 valence electrons. The molecule has 0 spiro atoms. The highest BCUT2D eigenvalue weighted by atomic mass is 19.2. The van der Waals surface area contributed by atoms with E-state index in [0.717, 1.165) is 6.07 Å². The van der Waals surface area contributed by atoms with Gasteiger partial charge in [0.05, 0.1) is 0 Å². The van der Waals surface area contributed by atoms with Crippen LogP contribution in [-0.4, -0.2) is 5.78 Å². The number of Topliss-reactive ketones (excluding diaryl/α,β-unsaturated/α-hetero) is 1. The van der Waals surface area contributed by atoms with Crippen molar-refractivity contribution in [3.05, 3.63) is 71.0 Å². The standard InChI is InChI=1S/C16H13F3O/c17-13-10-15(19)14(18)9-12(13)7-4-8-16(20)11-5-2-1-3-6-11/h1-3,5-6,9-10H,4,7-8H2. The maximum Gasteiger partial charge on any atom is 0.162 e. The summed E-state index contributed by atoms with van der Waals surface area (Å²) in [6.45, 7) is 0. The normalized spacial score (nSPS) is 10.6. The number of carbonyl (C=O) groups is 1. The first-order valence-electron chi connectivity index (χ1n) is 6.29. The molecule has 0 amide bonds. The molecule has 0 aromatic heterocycles. The first kappa shape index (κ1) is 14.3. The topological polar surface area (TPSA) is 17.1 Å². The van der Waals surface area contributed by atoms with E-state index in [9.17, 15) is 18.0 Å². The van der Waals surface area contributed by atoms with Crippen LogP contribution in [0, 0.1) is 17.5 Å². The van der Waals surface area contributed by atoms with Gasteiger partial charge < -0.3 is 0 Å². The molecule has 2 rings (SSSR count). The minimum atomic E-state index is -1.20. The van der Waals surface area contributed by atoms with Gasteiger partial charge in [0.2, 0.25) is 0 Å². The monoisotopic (exact) mass is 278 g/mol. The lowest BCUT2D eigenvalue weighted by atomic mass is 10.0. The van der Waals surface area contributed by atoms with Crippen LogP contribution in [0.4, 0.5) is 13.2 Å². The van der Waals surface area contributed by atoms with Crippen molar-refractivity contribution < 1.29 is 18.0 Å². The Morgan fingerprint density at radius 3 is 2.25 bits per heavy atom. The van der Waals surface area contributed by atoms with Crippen LogP contribution in [0.25, 0.3) is 0 Å². The van der Waals surface area contributed by atoms with Gasteiger partial charge in [0.1, 0.15) is 5.82 Å². The first-order chi connectivity index (χ1) is 9.58. The fraction of sp³-hybridized carbons (Fsp3) is 0.188. The van der Waals surface area contributed by atoms with Crippen molar-refractivity contribution in [2.45, 2.75) is 19.3 Å². The molecule has 2 aromatic carbocycles. The third-order valence-corrected chi connectivity index (χ3v) is 3.04. The van der Waals surface area contributed by atoms with Crippen molar-refractivity contribution in [3.8, 4) is 0 Å². The van der Waals surface area contributed by atoms with E-state index in [1.165, 1.54) is 0 Å². The number of aryl methyl sites for hydroxylation is 1. The number of hydrogen-bond donors (Lipinski definition) is 0. The number of carbonyl (C=O) groups excluding carboxylic acids is 1. The van der Waals surface area contributed by atoms with E-state index in [1.807, 2.05) is 6.07 Å². The molecule has 0 N–H and O–H groups in total. The average Bonchev–Trinajstić information content (AvgIpc) is 2.45. The number of halogens is 3. The molecule has 4 heteroatoms. The van der Waals surface area contributed by atoms with E-state index in [4.69, 9.17) is 0 Å². The molecule has 0 aliphatic carbocycles. The lowest BCUT2D eigenvalue weighted by Crippen LogP contribution is -2.01. The zero-order chi connectivity index (χ0) is 14.5. The number of rotatable bonds is 5. The van der Waals surface area contributed by atoms with Gasteiger partial charge in [-0.3, -0.25) is 4.79 Å². The lowest BCUT2D eigenvalue weighted by Gasteiger charge is -2.04. The van der Waals surface area contributed by atoms with Gasteiger partial charge in [0.25, 0.3) is 0 Å². The van der Waals surface area contributed by atoms with E-state index in [2.05, 4.69) is 0 Å². The molecule has 0 saturated carbocycles. The smallest absolute Gasteiger partial charge is 0.162 e. The zero-order valence-corrected chi connectivity index (χ0v) is 10.7. The second-order valence-corrected chi connectivity index (χ2v) is 4.50. The number of benzene rings is 2. The van der Waals surface area contributed by atoms with Gasteiger partial charge in [-0.1, -0.05) is 30.3 Å². The lowest BCUT2D eigenvalue weighted by molar-refractivity contribution is 0.0980. The Bertz CT molecular complexity index is 609. The summed E-state index contributed by atoms with van der Waals surface area (Å²) in [4.78, 5) is 11.8. The maximum atomic E-state index is 13.4.